The maximum atomic E-state index is 11.4. The first-order chi connectivity index (χ1) is 10.6. The van der Waals surface area contributed by atoms with Crippen LogP contribution < -0.4 is 10.1 Å². The Bertz CT molecular complexity index is 541. The summed E-state index contributed by atoms with van der Waals surface area (Å²) in [7, 11) is 1.65. The number of amides is 1. The molecule has 3 heterocycles. The summed E-state index contributed by atoms with van der Waals surface area (Å²) in [5.74, 6) is 0.679. The number of piperidine rings is 1. The van der Waals surface area contributed by atoms with E-state index >= 15 is 0 Å². The highest BCUT2D eigenvalue weighted by Crippen LogP contribution is 2.32. The third-order valence-electron chi connectivity index (χ3n) is 4.80. The molecule has 6 nitrogen and oxygen atoms in total. The molecule has 22 heavy (non-hydrogen) atoms. The van der Waals surface area contributed by atoms with Crippen molar-refractivity contribution in [3.05, 3.63) is 23.9 Å². The van der Waals surface area contributed by atoms with Crippen molar-refractivity contribution in [3.8, 4) is 5.88 Å². The summed E-state index contributed by atoms with van der Waals surface area (Å²) >= 11 is 0. The van der Waals surface area contributed by atoms with Gasteiger partial charge in [0.25, 0.3) is 0 Å². The van der Waals surface area contributed by atoms with Gasteiger partial charge in [0.1, 0.15) is 6.61 Å². The second-order valence-electron chi connectivity index (χ2n) is 6.09. The van der Waals surface area contributed by atoms with Crippen LogP contribution in [0.4, 0.5) is 0 Å². The SMILES string of the molecule is COc1ncccc1CN1CCC2(CC1)OCC(=O)NC2C. The van der Waals surface area contributed by atoms with Crippen LogP contribution in [0.5, 0.6) is 5.88 Å². The number of nitrogens with zero attached hydrogens (tertiary/aromatic N) is 2. The normalized spacial score (nSPS) is 25.0. The third-order valence-corrected chi connectivity index (χ3v) is 4.80. The van der Waals surface area contributed by atoms with Gasteiger partial charge in [-0.05, 0) is 25.8 Å². The highest BCUT2D eigenvalue weighted by Gasteiger charge is 2.44. The zero-order valence-corrected chi connectivity index (χ0v) is 13.2. The molecule has 1 aromatic heterocycles. The summed E-state index contributed by atoms with van der Waals surface area (Å²) in [6.07, 6.45) is 3.60. The number of rotatable bonds is 3. The Morgan fingerprint density at radius 3 is 2.95 bits per heavy atom. The zero-order chi connectivity index (χ0) is 15.6. The minimum absolute atomic E-state index is 0.0133. The molecule has 0 saturated carbocycles. The number of likely N-dealkylation sites (tertiary alicyclic amines) is 1. The van der Waals surface area contributed by atoms with Crippen molar-refractivity contribution in [3.63, 3.8) is 0 Å². The summed E-state index contributed by atoms with van der Waals surface area (Å²) in [4.78, 5) is 18.0. The summed E-state index contributed by atoms with van der Waals surface area (Å²) < 4.78 is 11.2. The first-order valence-electron chi connectivity index (χ1n) is 7.76. The van der Waals surface area contributed by atoms with Crippen LogP contribution in [0.15, 0.2) is 18.3 Å². The van der Waals surface area contributed by atoms with Gasteiger partial charge in [-0.1, -0.05) is 6.07 Å². The van der Waals surface area contributed by atoms with Crippen LogP contribution in [0.3, 0.4) is 0 Å². The number of carbonyl (C=O) groups excluding carboxylic acids is 1. The Labute approximate surface area is 130 Å². The summed E-state index contributed by atoms with van der Waals surface area (Å²) in [6, 6.07) is 4.06. The van der Waals surface area contributed by atoms with Gasteiger partial charge in [0.2, 0.25) is 11.8 Å². The first kappa shape index (κ1) is 15.2. The Morgan fingerprint density at radius 2 is 2.27 bits per heavy atom. The third kappa shape index (κ3) is 2.94. The van der Waals surface area contributed by atoms with E-state index in [4.69, 9.17) is 9.47 Å². The van der Waals surface area contributed by atoms with Crippen LogP contribution in [0.25, 0.3) is 0 Å². The second kappa shape index (κ2) is 6.22. The fourth-order valence-electron chi connectivity index (χ4n) is 3.39. The maximum Gasteiger partial charge on any atom is 0.246 e. The van der Waals surface area contributed by atoms with Gasteiger partial charge in [0.05, 0.1) is 18.8 Å². The van der Waals surface area contributed by atoms with Crippen LogP contribution in [-0.2, 0) is 16.1 Å². The minimum Gasteiger partial charge on any atom is -0.481 e. The molecule has 120 valence electrons. The molecule has 1 aromatic rings. The molecule has 2 saturated heterocycles. The van der Waals surface area contributed by atoms with Crippen LogP contribution in [0.2, 0.25) is 0 Å². The highest BCUT2D eigenvalue weighted by molar-refractivity contribution is 5.78. The molecule has 0 aromatic carbocycles. The predicted octanol–water partition coefficient (Wildman–Crippen LogP) is 0.960. The molecule has 1 amide bonds. The minimum atomic E-state index is -0.205. The van der Waals surface area contributed by atoms with E-state index in [9.17, 15) is 4.79 Å². The number of methoxy groups -OCH3 is 1. The summed E-state index contributed by atoms with van der Waals surface area (Å²) in [6.45, 7) is 4.93. The largest absolute Gasteiger partial charge is 0.481 e. The Hall–Kier alpha value is -1.66. The van der Waals surface area contributed by atoms with Crippen molar-refractivity contribution in [2.24, 2.45) is 0 Å². The molecule has 6 heteroatoms. The lowest BCUT2D eigenvalue weighted by Crippen LogP contribution is -2.62. The number of morpholine rings is 1. The van der Waals surface area contributed by atoms with E-state index in [1.165, 1.54) is 0 Å². The number of hydrogen-bond donors (Lipinski definition) is 1. The van der Waals surface area contributed by atoms with E-state index in [0.29, 0.717) is 5.88 Å². The molecule has 3 rings (SSSR count). The van der Waals surface area contributed by atoms with E-state index in [0.717, 1.165) is 38.0 Å². The van der Waals surface area contributed by atoms with Crippen LogP contribution >= 0.6 is 0 Å². The van der Waals surface area contributed by atoms with E-state index in [1.807, 2.05) is 13.0 Å². The van der Waals surface area contributed by atoms with E-state index in [1.54, 1.807) is 13.3 Å². The van der Waals surface area contributed by atoms with Gasteiger partial charge in [-0.15, -0.1) is 0 Å². The number of pyridine rings is 1. The van der Waals surface area contributed by atoms with Crippen LogP contribution in [0.1, 0.15) is 25.3 Å². The lowest BCUT2D eigenvalue weighted by molar-refractivity contribution is -0.159. The fraction of sp³-hybridized carbons (Fsp3) is 0.625. The van der Waals surface area contributed by atoms with E-state index in [-0.39, 0.29) is 24.2 Å². The lowest BCUT2D eigenvalue weighted by Gasteiger charge is -2.47. The second-order valence-corrected chi connectivity index (χ2v) is 6.09. The summed E-state index contributed by atoms with van der Waals surface area (Å²) in [5.41, 5.74) is 0.899. The maximum absolute atomic E-state index is 11.4. The molecule has 1 unspecified atom stereocenters. The standard InChI is InChI=1S/C16H23N3O3/c1-12-16(22-11-14(20)18-12)5-8-19(9-6-16)10-13-4-3-7-17-15(13)21-2/h3-4,7,12H,5-6,8-11H2,1-2H3,(H,18,20). The first-order valence-corrected chi connectivity index (χ1v) is 7.76. The molecule has 2 aliphatic heterocycles. The number of carbonyl (C=O) groups is 1. The lowest BCUT2D eigenvalue weighted by atomic mass is 9.83. The molecule has 0 radical (unpaired) electrons. The van der Waals surface area contributed by atoms with Crippen molar-refractivity contribution in [1.29, 1.82) is 0 Å². The van der Waals surface area contributed by atoms with Gasteiger partial charge in [-0.25, -0.2) is 4.98 Å². The monoisotopic (exact) mass is 305 g/mol. The van der Waals surface area contributed by atoms with Gasteiger partial charge in [0.15, 0.2) is 0 Å². The van der Waals surface area contributed by atoms with Gasteiger partial charge >= 0.3 is 0 Å². The predicted molar refractivity (Wildman–Crippen MR) is 81.6 cm³/mol. The van der Waals surface area contributed by atoms with Crippen molar-refractivity contribution < 1.29 is 14.3 Å². The number of hydrogen-bond acceptors (Lipinski definition) is 5. The van der Waals surface area contributed by atoms with Crippen molar-refractivity contribution in [2.45, 2.75) is 38.0 Å². The fourth-order valence-corrected chi connectivity index (χ4v) is 3.39. The number of nitrogens with one attached hydrogen (secondary N) is 1. The number of ether oxygens (including phenoxy) is 2. The Morgan fingerprint density at radius 1 is 1.50 bits per heavy atom. The quantitative estimate of drug-likeness (QED) is 0.901. The smallest absolute Gasteiger partial charge is 0.246 e. The van der Waals surface area contributed by atoms with Crippen molar-refractivity contribution in [2.75, 3.05) is 26.8 Å². The van der Waals surface area contributed by atoms with Crippen molar-refractivity contribution >= 4 is 5.91 Å². The Kier molecular flexibility index (Phi) is 4.31. The molecule has 1 N–H and O–H groups in total. The molecule has 0 bridgehead atoms. The summed E-state index contributed by atoms with van der Waals surface area (Å²) in [5, 5.41) is 3.01. The van der Waals surface area contributed by atoms with Gasteiger partial charge < -0.3 is 14.8 Å². The molecule has 1 spiro atoms. The highest BCUT2D eigenvalue weighted by atomic mass is 16.5. The van der Waals surface area contributed by atoms with Crippen LogP contribution in [0, 0.1) is 0 Å². The average molecular weight is 305 g/mol. The van der Waals surface area contributed by atoms with Crippen molar-refractivity contribution in [1.82, 2.24) is 15.2 Å². The molecule has 2 aliphatic rings. The Balaban J connectivity index is 1.61. The molecule has 0 aliphatic carbocycles. The van der Waals surface area contributed by atoms with Gasteiger partial charge in [0, 0.05) is 31.4 Å². The topological polar surface area (TPSA) is 63.7 Å². The molecule has 1 atom stereocenters. The number of aromatic nitrogens is 1. The van der Waals surface area contributed by atoms with Crippen LogP contribution in [-0.4, -0.2) is 54.2 Å². The molecular weight excluding hydrogens is 282 g/mol. The van der Waals surface area contributed by atoms with E-state index < -0.39 is 0 Å². The zero-order valence-electron chi connectivity index (χ0n) is 13.2. The molecule has 2 fully saturated rings. The van der Waals surface area contributed by atoms with Gasteiger partial charge in [-0.2, -0.15) is 0 Å². The average Bonchev–Trinajstić information content (AvgIpc) is 2.54. The molecular formula is C16H23N3O3. The van der Waals surface area contributed by atoms with E-state index in [2.05, 4.69) is 21.3 Å². The van der Waals surface area contributed by atoms with Gasteiger partial charge in [-0.3, -0.25) is 9.69 Å².